The second kappa shape index (κ2) is 6.16. The number of halogens is 1. The highest BCUT2D eigenvalue weighted by molar-refractivity contribution is 6.31. The van der Waals surface area contributed by atoms with Gasteiger partial charge < -0.3 is 15.0 Å². The minimum Gasteiger partial charge on any atom is -0.495 e. The molecule has 1 saturated heterocycles. The van der Waals surface area contributed by atoms with E-state index in [0.717, 1.165) is 12.8 Å². The summed E-state index contributed by atoms with van der Waals surface area (Å²) < 4.78 is 5.22. The lowest BCUT2D eigenvalue weighted by molar-refractivity contribution is -0.131. The minimum absolute atomic E-state index is 0.0860. The zero-order chi connectivity index (χ0) is 15.7. The molecule has 1 N–H and O–H groups in total. The van der Waals surface area contributed by atoms with E-state index in [9.17, 15) is 9.59 Å². The zero-order valence-electron chi connectivity index (χ0n) is 12.5. The largest absolute Gasteiger partial charge is 0.495 e. The van der Waals surface area contributed by atoms with E-state index in [-0.39, 0.29) is 24.2 Å². The molecule has 5 nitrogen and oxygen atoms in total. The van der Waals surface area contributed by atoms with Gasteiger partial charge in [0.25, 0.3) is 0 Å². The molecule has 0 spiro atoms. The number of hydrogen-bond acceptors (Lipinski definition) is 3. The number of rotatable bonds is 4. The molecule has 1 saturated carbocycles. The Balaban J connectivity index is 1.67. The number of likely N-dealkylation sites (tertiary alicyclic amines) is 1. The van der Waals surface area contributed by atoms with Gasteiger partial charge in [0, 0.05) is 24.0 Å². The van der Waals surface area contributed by atoms with Crippen LogP contribution in [0.15, 0.2) is 18.2 Å². The van der Waals surface area contributed by atoms with Gasteiger partial charge in [-0.1, -0.05) is 11.6 Å². The topological polar surface area (TPSA) is 58.6 Å². The Hall–Kier alpha value is -1.75. The molecule has 118 valence electrons. The van der Waals surface area contributed by atoms with Crippen molar-refractivity contribution in [1.82, 2.24) is 4.90 Å². The lowest BCUT2D eigenvalue weighted by Crippen LogP contribution is -2.41. The Labute approximate surface area is 134 Å². The Morgan fingerprint density at radius 2 is 2.18 bits per heavy atom. The molecule has 1 unspecified atom stereocenters. The van der Waals surface area contributed by atoms with Crippen molar-refractivity contribution in [3.63, 3.8) is 0 Å². The number of nitrogens with one attached hydrogen (secondary N) is 1. The van der Waals surface area contributed by atoms with Crippen LogP contribution < -0.4 is 10.1 Å². The van der Waals surface area contributed by atoms with Gasteiger partial charge in [-0.15, -0.1) is 0 Å². The first-order valence-corrected chi connectivity index (χ1v) is 7.90. The quantitative estimate of drug-likeness (QED) is 0.927. The van der Waals surface area contributed by atoms with Crippen LogP contribution >= 0.6 is 11.6 Å². The van der Waals surface area contributed by atoms with Gasteiger partial charge in [0.05, 0.1) is 18.7 Å². The van der Waals surface area contributed by atoms with Crippen molar-refractivity contribution in [2.45, 2.75) is 31.7 Å². The molecule has 1 aliphatic carbocycles. The summed E-state index contributed by atoms with van der Waals surface area (Å²) in [5, 5.41) is 3.36. The summed E-state index contributed by atoms with van der Waals surface area (Å²) in [6, 6.07) is 5.40. The van der Waals surface area contributed by atoms with Gasteiger partial charge in [0.1, 0.15) is 5.75 Å². The number of hydrogen-bond donors (Lipinski definition) is 1. The highest BCUT2D eigenvalue weighted by Crippen LogP contribution is 2.32. The fraction of sp³-hybridized carbons (Fsp3) is 0.500. The predicted octanol–water partition coefficient (Wildman–Crippen LogP) is 2.69. The van der Waals surface area contributed by atoms with E-state index in [0.29, 0.717) is 29.0 Å². The van der Waals surface area contributed by atoms with Crippen LogP contribution in [0.3, 0.4) is 0 Å². The number of ether oxygens (including phenoxy) is 1. The number of amides is 2. The molecule has 22 heavy (non-hydrogen) atoms. The molecule has 6 heteroatoms. The summed E-state index contributed by atoms with van der Waals surface area (Å²) >= 11 is 5.96. The van der Waals surface area contributed by atoms with Crippen molar-refractivity contribution in [3.8, 4) is 5.75 Å². The van der Waals surface area contributed by atoms with Crippen molar-refractivity contribution in [2.75, 3.05) is 19.0 Å². The van der Waals surface area contributed by atoms with Crippen LogP contribution in [0, 0.1) is 5.92 Å². The number of methoxy groups -OCH3 is 1. The van der Waals surface area contributed by atoms with Crippen LogP contribution in [0.4, 0.5) is 5.69 Å². The van der Waals surface area contributed by atoms with Gasteiger partial charge in [-0.25, -0.2) is 0 Å². The molecule has 1 atom stereocenters. The lowest BCUT2D eigenvalue weighted by Gasteiger charge is -2.34. The van der Waals surface area contributed by atoms with E-state index in [1.165, 1.54) is 13.5 Å². The van der Waals surface area contributed by atoms with Crippen LogP contribution in [0.1, 0.15) is 25.7 Å². The Kier molecular flexibility index (Phi) is 4.25. The Morgan fingerprint density at radius 1 is 1.41 bits per heavy atom. The highest BCUT2D eigenvalue weighted by Gasteiger charge is 2.39. The maximum atomic E-state index is 12.4. The average Bonchev–Trinajstić information content (AvgIpc) is 2.79. The van der Waals surface area contributed by atoms with E-state index in [1.54, 1.807) is 18.2 Å². The van der Waals surface area contributed by atoms with Crippen molar-refractivity contribution in [3.05, 3.63) is 23.2 Å². The van der Waals surface area contributed by atoms with Crippen LogP contribution in [0.5, 0.6) is 5.75 Å². The molecule has 2 fully saturated rings. The van der Waals surface area contributed by atoms with Gasteiger partial charge in [0.15, 0.2) is 0 Å². The van der Waals surface area contributed by atoms with Crippen LogP contribution in [-0.2, 0) is 9.59 Å². The van der Waals surface area contributed by atoms with Crippen molar-refractivity contribution in [1.29, 1.82) is 0 Å². The van der Waals surface area contributed by atoms with Crippen molar-refractivity contribution < 1.29 is 14.3 Å². The smallest absolute Gasteiger partial charge is 0.229 e. The van der Waals surface area contributed by atoms with Gasteiger partial charge in [0.2, 0.25) is 11.8 Å². The molecule has 1 heterocycles. The SMILES string of the molecule is COc1ccc(Cl)cc1NC(=O)C1CC(=O)N(C2CCC2)C1. The Bertz CT molecular complexity index is 601. The molecule has 0 aromatic heterocycles. The van der Waals surface area contributed by atoms with Crippen LogP contribution in [0.2, 0.25) is 5.02 Å². The van der Waals surface area contributed by atoms with E-state index in [2.05, 4.69) is 5.32 Å². The minimum atomic E-state index is -0.309. The maximum Gasteiger partial charge on any atom is 0.229 e. The molecule has 1 aliphatic heterocycles. The number of nitrogens with zero attached hydrogens (tertiary/aromatic N) is 1. The van der Waals surface area contributed by atoms with Crippen LogP contribution in [0.25, 0.3) is 0 Å². The van der Waals surface area contributed by atoms with Crippen molar-refractivity contribution in [2.24, 2.45) is 5.92 Å². The normalized spacial score (nSPS) is 21.6. The zero-order valence-corrected chi connectivity index (χ0v) is 13.2. The summed E-state index contributed by atoms with van der Waals surface area (Å²) in [6.07, 6.45) is 3.57. The molecular weight excluding hydrogens is 304 g/mol. The molecule has 2 amide bonds. The molecule has 2 aliphatic rings. The standard InChI is InChI=1S/C16H19ClN2O3/c1-22-14-6-5-11(17)8-13(14)18-16(21)10-7-15(20)19(9-10)12-3-2-4-12/h5-6,8,10,12H,2-4,7,9H2,1H3,(H,18,21). The van der Waals surface area contributed by atoms with Gasteiger partial charge in [-0.05, 0) is 37.5 Å². The van der Waals surface area contributed by atoms with Gasteiger partial charge in [-0.2, -0.15) is 0 Å². The Morgan fingerprint density at radius 3 is 2.82 bits per heavy atom. The second-order valence-electron chi connectivity index (χ2n) is 5.87. The molecule has 0 radical (unpaired) electrons. The number of benzene rings is 1. The molecule has 0 bridgehead atoms. The summed E-state index contributed by atoms with van der Waals surface area (Å²) in [5.74, 6) is 0.174. The first kappa shape index (κ1) is 15.2. The van der Waals surface area contributed by atoms with E-state index in [4.69, 9.17) is 16.3 Å². The maximum absolute atomic E-state index is 12.4. The monoisotopic (exact) mass is 322 g/mol. The fourth-order valence-corrected chi connectivity index (χ4v) is 3.14. The van der Waals surface area contributed by atoms with Crippen LogP contribution in [-0.4, -0.2) is 36.4 Å². The summed E-state index contributed by atoms with van der Waals surface area (Å²) in [6.45, 7) is 0.512. The number of anilines is 1. The molecule has 1 aromatic carbocycles. The second-order valence-corrected chi connectivity index (χ2v) is 6.30. The third-order valence-corrected chi connectivity index (χ3v) is 4.70. The molecule has 3 rings (SSSR count). The van der Waals surface area contributed by atoms with Gasteiger partial charge in [-0.3, -0.25) is 9.59 Å². The van der Waals surface area contributed by atoms with E-state index in [1.807, 2.05) is 4.90 Å². The average molecular weight is 323 g/mol. The predicted molar refractivity (Wildman–Crippen MR) is 84.1 cm³/mol. The highest BCUT2D eigenvalue weighted by atomic mass is 35.5. The number of carbonyl (C=O) groups excluding carboxylic acids is 2. The van der Waals surface area contributed by atoms with E-state index < -0.39 is 0 Å². The third kappa shape index (κ3) is 2.90. The summed E-state index contributed by atoms with van der Waals surface area (Å²) in [5.41, 5.74) is 0.537. The first-order chi connectivity index (χ1) is 10.6. The fourth-order valence-electron chi connectivity index (χ4n) is 2.97. The lowest BCUT2D eigenvalue weighted by atomic mass is 9.92. The third-order valence-electron chi connectivity index (χ3n) is 4.46. The summed E-state index contributed by atoms with van der Waals surface area (Å²) in [7, 11) is 1.54. The molecule has 1 aromatic rings. The first-order valence-electron chi connectivity index (χ1n) is 7.52. The summed E-state index contributed by atoms with van der Waals surface area (Å²) in [4.78, 5) is 26.3. The van der Waals surface area contributed by atoms with Gasteiger partial charge >= 0.3 is 0 Å². The number of carbonyl (C=O) groups is 2. The van der Waals surface area contributed by atoms with Crippen molar-refractivity contribution >= 4 is 29.1 Å². The molecular formula is C16H19ClN2O3. The van der Waals surface area contributed by atoms with E-state index >= 15 is 0 Å².